The Morgan fingerprint density at radius 1 is 1.11 bits per heavy atom. The zero-order chi connectivity index (χ0) is 25.2. The molecule has 3 amide bonds. The number of rotatable bonds is 6. The van der Waals surface area contributed by atoms with Crippen LogP contribution in [0.5, 0.6) is 0 Å². The molecule has 0 saturated carbocycles. The van der Waals surface area contributed by atoms with Crippen LogP contribution in [0.4, 0.5) is 9.18 Å². The topological polar surface area (TPSA) is 116 Å². The average molecular weight is 491 g/mol. The number of allylic oxidation sites excluding steroid dienone is 1. The Bertz CT molecular complexity index is 1210. The van der Waals surface area contributed by atoms with Crippen molar-refractivity contribution in [3.63, 3.8) is 0 Å². The summed E-state index contributed by atoms with van der Waals surface area (Å²) in [6.07, 6.45) is 0.711. The van der Waals surface area contributed by atoms with E-state index in [4.69, 9.17) is 0 Å². The number of hydrogen-bond acceptors (Lipinski definition) is 4. The molecule has 2 aromatic carbocycles. The van der Waals surface area contributed by atoms with Gasteiger partial charge in [0.15, 0.2) is 11.8 Å². The Labute approximate surface area is 224 Å². The van der Waals surface area contributed by atoms with Crippen molar-refractivity contribution in [3.8, 4) is 11.1 Å². The number of aryl methyl sites for hydroxylation is 1. The zero-order valence-electron chi connectivity index (χ0n) is 19.3. The fourth-order valence-electron chi connectivity index (χ4n) is 3.97. The fourth-order valence-corrected chi connectivity index (χ4v) is 3.97. The van der Waals surface area contributed by atoms with Crippen LogP contribution < -0.4 is 10.6 Å². The third-order valence-electron chi connectivity index (χ3n) is 5.93. The molecular formula is C25H27FN3NaO5. The molecule has 3 rings (SSSR count). The maximum absolute atomic E-state index is 14.6. The van der Waals surface area contributed by atoms with Crippen molar-refractivity contribution in [1.29, 1.82) is 0 Å². The molecular weight excluding hydrogens is 464 g/mol. The quantitative estimate of drug-likeness (QED) is 0.424. The number of benzene rings is 2. The standard InChI is InChI=1S/C25H26FN3O5.Na.H/c1-13-7-5-6-8-17(13)18-10-16(26)11-19(15(18)3)20(12-22(31)32)27-25(34)28-23-21(30)9-14(2)29(4)24(23)33;;/h5-11,20,23H,12H2,1-4H3,(H,31,32)(H2,27,28,34);;. The number of likely N-dealkylation sites (N-methyl/N-ethyl adjacent to an activating group) is 1. The Morgan fingerprint density at radius 2 is 1.77 bits per heavy atom. The van der Waals surface area contributed by atoms with E-state index in [9.17, 15) is 28.7 Å². The number of hydrogen-bond donors (Lipinski definition) is 3. The van der Waals surface area contributed by atoms with Crippen LogP contribution in [0, 0.1) is 19.7 Å². The fraction of sp³-hybridized carbons (Fsp3) is 0.280. The van der Waals surface area contributed by atoms with Gasteiger partial charge in [-0.05, 0) is 60.7 Å². The van der Waals surface area contributed by atoms with E-state index in [1.165, 1.54) is 30.2 Å². The molecule has 0 saturated heterocycles. The van der Waals surface area contributed by atoms with Crippen LogP contribution >= 0.6 is 0 Å². The molecule has 0 bridgehead atoms. The number of ketones is 1. The summed E-state index contributed by atoms with van der Waals surface area (Å²) < 4.78 is 14.6. The van der Waals surface area contributed by atoms with E-state index in [2.05, 4.69) is 10.6 Å². The first-order chi connectivity index (χ1) is 16.0. The zero-order valence-corrected chi connectivity index (χ0v) is 19.3. The number of carbonyl (C=O) groups is 4. The minimum atomic E-state index is -1.43. The van der Waals surface area contributed by atoms with Crippen molar-refractivity contribution in [2.75, 3.05) is 7.05 Å². The number of aliphatic carboxylic acids is 1. The van der Waals surface area contributed by atoms with Crippen LogP contribution in [-0.2, 0) is 14.4 Å². The number of carboxylic acids is 1. The second-order valence-electron chi connectivity index (χ2n) is 8.27. The van der Waals surface area contributed by atoms with E-state index in [1.807, 2.05) is 31.2 Å². The Morgan fingerprint density at radius 3 is 2.40 bits per heavy atom. The third kappa shape index (κ3) is 6.36. The molecule has 35 heavy (non-hydrogen) atoms. The van der Waals surface area contributed by atoms with E-state index >= 15 is 0 Å². The van der Waals surface area contributed by atoms with Crippen LogP contribution in [0.2, 0.25) is 0 Å². The van der Waals surface area contributed by atoms with Gasteiger partial charge in [0.2, 0.25) is 0 Å². The molecule has 10 heteroatoms. The molecule has 0 aliphatic carbocycles. The van der Waals surface area contributed by atoms with Gasteiger partial charge in [-0.25, -0.2) is 9.18 Å². The number of nitrogens with zero attached hydrogens (tertiary/aromatic N) is 1. The first-order valence-electron chi connectivity index (χ1n) is 10.6. The summed E-state index contributed by atoms with van der Waals surface area (Å²) in [5.41, 5.74) is 3.59. The predicted molar refractivity (Wildman–Crippen MR) is 130 cm³/mol. The van der Waals surface area contributed by atoms with Crippen molar-refractivity contribution >= 4 is 53.2 Å². The molecule has 0 radical (unpaired) electrons. The van der Waals surface area contributed by atoms with Gasteiger partial charge in [0, 0.05) is 18.8 Å². The minimum absolute atomic E-state index is 0. The Hall–Kier alpha value is -3.01. The second kappa shape index (κ2) is 11.6. The van der Waals surface area contributed by atoms with Gasteiger partial charge in [0.05, 0.1) is 12.5 Å². The van der Waals surface area contributed by atoms with Crippen molar-refractivity contribution in [2.24, 2.45) is 0 Å². The van der Waals surface area contributed by atoms with E-state index in [0.29, 0.717) is 16.8 Å². The van der Waals surface area contributed by atoms with Crippen LogP contribution in [0.15, 0.2) is 48.2 Å². The van der Waals surface area contributed by atoms with E-state index in [0.717, 1.165) is 11.1 Å². The number of halogens is 1. The van der Waals surface area contributed by atoms with Gasteiger partial charge in [-0.3, -0.25) is 14.4 Å². The van der Waals surface area contributed by atoms with Crippen molar-refractivity contribution in [1.82, 2.24) is 15.5 Å². The number of carboxylic acid groups (broad SMARTS) is 1. The second-order valence-corrected chi connectivity index (χ2v) is 8.27. The third-order valence-corrected chi connectivity index (χ3v) is 5.93. The summed E-state index contributed by atoms with van der Waals surface area (Å²) in [6, 6.07) is 6.47. The van der Waals surface area contributed by atoms with Crippen molar-refractivity contribution in [2.45, 2.75) is 39.3 Å². The summed E-state index contributed by atoms with van der Waals surface area (Å²) in [5, 5.41) is 14.2. The van der Waals surface area contributed by atoms with Crippen LogP contribution in [0.1, 0.15) is 36.1 Å². The van der Waals surface area contributed by atoms with Gasteiger partial charge in [0.25, 0.3) is 5.91 Å². The SMILES string of the molecule is CC1=CC(=O)C(NC(=O)NC(CC(=O)O)c2cc(F)cc(-c3ccccc3C)c2C)C(=O)N1C.[NaH]. The van der Waals surface area contributed by atoms with E-state index in [1.54, 1.807) is 13.8 Å². The molecule has 1 aliphatic heterocycles. The van der Waals surface area contributed by atoms with Gasteiger partial charge in [-0.2, -0.15) is 0 Å². The number of amides is 3. The van der Waals surface area contributed by atoms with E-state index in [-0.39, 0.29) is 35.1 Å². The van der Waals surface area contributed by atoms with Gasteiger partial charge >= 0.3 is 41.6 Å². The monoisotopic (exact) mass is 491 g/mol. The van der Waals surface area contributed by atoms with Gasteiger partial charge in [-0.15, -0.1) is 0 Å². The molecule has 2 aromatic rings. The van der Waals surface area contributed by atoms with Crippen molar-refractivity contribution < 1.29 is 28.7 Å². The molecule has 1 heterocycles. The molecule has 0 spiro atoms. The molecule has 0 fully saturated rings. The maximum atomic E-state index is 14.6. The van der Waals surface area contributed by atoms with Crippen LogP contribution in [0.3, 0.4) is 0 Å². The summed E-state index contributed by atoms with van der Waals surface area (Å²) in [4.78, 5) is 50.2. The number of carbonyl (C=O) groups excluding carboxylic acids is 3. The number of urea groups is 1. The summed E-state index contributed by atoms with van der Waals surface area (Å²) in [5.74, 6) is -3.00. The molecule has 1 aliphatic rings. The first kappa shape index (κ1) is 28.2. The summed E-state index contributed by atoms with van der Waals surface area (Å²) in [6.45, 7) is 5.20. The van der Waals surface area contributed by atoms with Gasteiger partial charge < -0.3 is 20.6 Å². The average Bonchev–Trinajstić information content (AvgIpc) is 2.76. The molecule has 3 N–H and O–H groups in total. The Kier molecular flexibility index (Phi) is 9.37. The number of nitrogens with one attached hydrogen (secondary N) is 2. The van der Waals surface area contributed by atoms with E-state index < -0.39 is 48.0 Å². The molecule has 2 atom stereocenters. The first-order valence-corrected chi connectivity index (χ1v) is 10.6. The van der Waals surface area contributed by atoms with Gasteiger partial charge in [-0.1, -0.05) is 24.3 Å². The van der Waals surface area contributed by atoms with Crippen LogP contribution in [-0.4, -0.2) is 76.3 Å². The van der Waals surface area contributed by atoms with Crippen LogP contribution in [0.25, 0.3) is 11.1 Å². The molecule has 0 aromatic heterocycles. The van der Waals surface area contributed by atoms with Crippen molar-refractivity contribution in [3.05, 3.63) is 70.7 Å². The summed E-state index contributed by atoms with van der Waals surface area (Å²) in [7, 11) is 1.48. The molecule has 180 valence electrons. The molecule has 8 nitrogen and oxygen atoms in total. The Balaban J connectivity index is 0.00000432. The molecule has 2 unspecified atom stereocenters. The predicted octanol–water partition coefficient (Wildman–Crippen LogP) is 2.59. The normalized spacial score (nSPS) is 16.2. The van der Waals surface area contributed by atoms with Gasteiger partial charge in [0.1, 0.15) is 5.82 Å². The summed E-state index contributed by atoms with van der Waals surface area (Å²) >= 11 is 0.